The molecule has 0 bridgehead atoms. The Kier molecular flexibility index (Phi) is 4.75. The molecule has 0 aliphatic carbocycles. The molecule has 2 aromatic carbocycles. The average Bonchev–Trinajstić information content (AvgIpc) is 3.19. The molecule has 5 nitrogen and oxygen atoms in total. The summed E-state index contributed by atoms with van der Waals surface area (Å²) in [5.74, 6) is 2.05. The lowest BCUT2D eigenvalue weighted by molar-refractivity contribution is 0.243. The Morgan fingerprint density at radius 1 is 1.00 bits per heavy atom. The molecule has 1 atom stereocenters. The highest BCUT2D eigenvalue weighted by Crippen LogP contribution is 2.24. The number of allylic oxidation sites excluding steroid dienone is 1. The van der Waals surface area contributed by atoms with Gasteiger partial charge in [0.1, 0.15) is 6.61 Å². The molecule has 136 valence electrons. The number of anilines is 1. The zero-order valence-corrected chi connectivity index (χ0v) is 15.3. The zero-order valence-electron chi connectivity index (χ0n) is 15.3. The van der Waals surface area contributed by atoms with Crippen LogP contribution >= 0.6 is 0 Å². The second-order valence-corrected chi connectivity index (χ2v) is 6.50. The minimum absolute atomic E-state index is 0.197. The topological polar surface area (TPSA) is 60.2 Å². The third-order valence-electron chi connectivity index (χ3n) is 4.47. The first kappa shape index (κ1) is 17.1. The van der Waals surface area contributed by atoms with Crippen molar-refractivity contribution in [3.63, 3.8) is 0 Å². The summed E-state index contributed by atoms with van der Waals surface area (Å²) in [5.41, 5.74) is 4.09. The van der Waals surface area contributed by atoms with Gasteiger partial charge in [-0.1, -0.05) is 35.5 Å². The summed E-state index contributed by atoms with van der Waals surface area (Å²) in [7, 11) is 0. The third kappa shape index (κ3) is 3.92. The van der Waals surface area contributed by atoms with Crippen LogP contribution in [0.2, 0.25) is 0 Å². The predicted octanol–water partition coefficient (Wildman–Crippen LogP) is 5.06. The van der Waals surface area contributed by atoms with Gasteiger partial charge >= 0.3 is 0 Å². The first-order valence-electron chi connectivity index (χ1n) is 8.96. The van der Waals surface area contributed by atoms with Crippen LogP contribution in [0.1, 0.15) is 13.8 Å². The predicted molar refractivity (Wildman–Crippen MR) is 106 cm³/mol. The lowest BCUT2D eigenvalue weighted by Crippen LogP contribution is -2.19. The fraction of sp³-hybridized carbons (Fsp3) is 0.182. The van der Waals surface area contributed by atoms with Crippen LogP contribution in [0, 0.1) is 0 Å². The number of ether oxygens (including phenoxy) is 1. The van der Waals surface area contributed by atoms with Crippen LogP contribution in [0.4, 0.5) is 5.69 Å². The molecule has 27 heavy (non-hydrogen) atoms. The number of hydrogen-bond donors (Lipinski definition) is 1. The van der Waals surface area contributed by atoms with E-state index in [9.17, 15) is 0 Å². The summed E-state index contributed by atoms with van der Waals surface area (Å²) in [4.78, 5) is 4.49. The molecule has 1 unspecified atom stereocenters. The Balaban J connectivity index is 1.46. The second kappa shape index (κ2) is 7.50. The zero-order chi connectivity index (χ0) is 18.6. The number of nitrogens with zero attached hydrogens (tertiary/aromatic N) is 2. The summed E-state index contributed by atoms with van der Waals surface area (Å²) in [6.07, 6.45) is 4.17. The van der Waals surface area contributed by atoms with E-state index in [0.717, 1.165) is 22.6 Å². The van der Waals surface area contributed by atoms with Gasteiger partial charge in [0.25, 0.3) is 5.89 Å². The maximum atomic E-state index is 5.44. The molecule has 3 aromatic rings. The molecule has 0 radical (unpaired) electrons. The van der Waals surface area contributed by atoms with E-state index >= 15 is 0 Å². The van der Waals surface area contributed by atoms with E-state index in [1.807, 2.05) is 61.5 Å². The van der Waals surface area contributed by atoms with Crippen molar-refractivity contribution in [3.05, 3.63) is 78.1 Å². The van der Waals surface area contributed by atoms with Gasteiger partial charge in [0.05, 0.1) is 5.76 Å². The Morgan fingerprint density at radius 2 is 1.78 bits per heavy atom. The van der Waals surface area contributed by atoms with Crippen molar-refractivity contribution in [3.8, 4) is 22.8 Å². The van der Waals surface area contributed by atoms with E-state index in [0.29, 0.717) is 18.3 Å². The largest absolute Gasteiger partial charge is 0.494 e. The lowest BCUT2D eigenvalue weighted by Gasteiger charge is -2.20. The SMILES string of the molecule is CC1=CC(C(C)Nc2ccc(-c3nc(-c4ccccc4)no3)cc2)=CCO1. The molecule has 0 amide bonds. The van der Waals surface area contributed by atoms with Gasteiger partial charge < -0.3 is 14.6 Å². The van der Waals surface area contributed by atoms with Gasteiger partial charge in [0, 0.05) is 22.9 Å². The summed E-state index contributed by atoms with van der Waals surface area (Å²) >= 11 is 0. The number of nitrogens with one attached hydrogen (secondary N) is 1. The quantitative estimate of drug-likeness (QED) is 0.689. The van der Waals surface area contributed by atoms with E-state index in [4.69, 9.17) is 9.26 Å². The highest BCUT2D eigenvalue weighted by atomic mass is 16.5. The number of hydrogen-bond acceptors (Lipinski definition) is 5. The van der Waals surface area contributed by atoms with Crippen LogP contribution in [-0.2, 0) is 4.74 Å². The van der Waals surface area contributed by atoms with Crippen LogP contribution in [0.25, 0.3) is 22.8 Å². The highest BCUT2D eigenvalue weighted by Gasteiger charge is 2.12. The standard InChI is InChI=1S/C22H21N3O2/c1-15-14-19(12-13-26-15)16(2)23-20-10-8-18(9-11-20)22-24-21(25-27-22)17-6-4-3-5-7-17/h3-12,14,16,23H,13H2,1-2H3. The third-order valence-corrected chi connectivity index (χ3v) is 4.47. The first-order chi connectivity index (χ1) is 13.2. The normalized spacial score (nSPS) is 14.7. The second-order valence-electron chi connectivity index (χ2n) is 6.50. The van der Waals surface area contributed by atoms with Crippen LogP contribution in [-0.4, -0.2) is 22.8 Å². The molecule has 4 rings (SSSR count). The van der Waals surface area contributed by atoms with Crippen LogP contribution < -0.4 is 5.32 Å². The van der Waals surface area contributed by atoms with E-state index < -0.39 is 0 Å². The summed E-state index contributed by atoms with van der Waals surface area (Å²) in [6.45, 7) is 4.74. The molecule has 0 fully saturated rings. The Morgan fingerprint density at radius 3 is 2.52 bits per heavy atom. The van der Waals surface area contributed by atoms with Gasteiger partial charge in [-0.15, -0.1) is 0 Å². The van der Waals surface area contributed by atoms with Crippen molar-refractivity contribution in [2.75, 3.05) is 11.9 Å². The smallest absolute Gasteiger partial charge is 0.258 e. The Hall–Kier alpha value is -3.34. The molecular weight excluding hydrogens is 338 g/mol. The van der Waals surface area contributed by atoms with Crippen molar-refractivity contribution in [2.45, 2.75) is 19.9 Å². The lowest BCUT2D eigenvalue weighted by atomic mass is 10.1. The van der Waals surface area contributed by atoms with Gasteiger partial charge in [-0.3, -0.25) is 0 Å². The number of rotatable bonds is 5. The van der Waals surface area contributed by atoms with Gasteiger partial charge in [0.2, 0.25) is 5.82 Å². The molecule has 2 heterocycles. The van der Waals surface area contributed by atoms with Crippen LogP contribution in [0.3, 0.4) is 0 Å². The molecule has 0 saturated heterocycles. The van der Waals surface area contributed by atoms with Crippen molar-refractivity contribution in [1.29, 1.82) is 0 Å². The minimum Gasteiger partial charge on any atom is -0.494 e. The Labute approximate surface area is 158 Å². The monoisotopic (exact) mass is 359 g/mol. The summed E-state index contributed by atoms with van der Waals surface area (Å²) in [5, 5.41) is 7.58. The van der Waals surface area contributed by atoms with Gasteiger partial charge in [-0.25, -0.2) is 0 Å². The van der Waals surface area contributed by atoms with E-state index in [2.05, 4.69) is 34.5 Å². The van der Waals surface area contributed by atoms with E-state index in [-0.39, 0.29) is 6.04 Å². The minimum atomic E-state index is 0.197. The molecule has 1 aliphatic rings. The van der Waals surface area contributed by atoms with Crippen molar-refractivity contribution >= 4 is 5.69 Å². The van der Waals surface area contributed by atoms with Gasteiger partial charge in [-0.05, 0) is 55.8 Å². The molecule has 0 saturated carbocycles. The fourth-order valence-corrected chi connectivity index (χ4v) is 2.99. The van der Waals surface area contributed by atoms with Crippen molar-refractivity contribution in [1.82, 2.24) is 10.1 Å². The maximum Gasteiger partial charge on any atom is 0.258 e. The molecule has 1 N–H and O–H groups in total. The average molecular weight is 359 g/mol. The fourth-order valence-electron chi connectivity index (χ4n) is 2.99. The maximum absolute atomic E-state index is 5.44. The highest BCUT2D eigenvalue weighted by molar-refractivity contribution is 5.62. The van der Waals surface area contributed by atoms with Gasteiger partial charge in [-0.2, -0.15) is 4.98 Å². The molecular formula is C22H21N3O2. The molecule has 1 aromatic heterocycles. The molecule has 0 spiro atoms. The van der Waals surface area contributed by atoms with Gasteiger partial charge in [0.15, 0.2) is 0 Å². The van der Waals surface area contributed by atoms with E-state index in [1.54, 1.807) is 0 Å². The molecule has 5 heteroatoms. The van der Waals surface area contributed by atoms with Crippen LogP contribution in [0.15, 0.2) is 82.6 Å². The van der Waals surface area contributed by atoms with E-state index in [1.165, 1.54) is 5.57 Å². The number of benzene rings is 2. The van der Waals surface area contributed by atoms with Crippen LogP contribution in [0.5, 0.6) is 0 Å². The van der Waals surface area contributed by atoms with Crippen molar-refractivity contribution in [2.24, 2.45) is 0 Å². The van der Waals surface area contributed by atoms with Crippen molar-refractivity contribution < 1.29 is 9.26 Å². The molecule has 1 aliphatic heterocycles. The summed E-state index contributed by atoms with van der Waals surface area (Å²) < 4.78 is 10.9. The Bertz CT molecular complexity index is 972. The summed E-state index contributed by atoms with van der Waals surface area (Å²) in [6, 6.07) is 18.0. The first-order valence-corrected chi connectivity index (χ1v) is 8.96. The number of aromatic nitrogens is 2.